The van der Waals surface area contributed by atoms with E-state index in [9.17, 15) is 15.3 Å². The van der Waals surface area contributed by atoms with Crippen LogP contribution in [0.25, 0.3) is 0 Å². The molecule has 5 N–H and O–H groups in total. The lowest BCUT2D eigenvalue weighted by Gasteiger charge is -2.40. The molecule has 36 heavy (non-hydrogen) atoms. The Morgan fingerprint density at radius 1 is 1.03 bits per heavy atom. The molecule has 2 aliphatic heterocycles. The van der Waals surface area contributed by atoms with Crippen LogP contribution >= 0.6 is 0 Å². The Morgan fingerprint density at radius 3 is 2.39 bits per heavy atom. The van der Waals surface area contributed by atoms with Crippen LogP contribution < -0.4 is 5.73 Å². The molecule has 0 aromatic rings. The van der Waals surface area contributed by atoms with Gasteiger partial charge in [-0.3, -0.25) is 5.06 Å². The zero-order valence-corrected chi connectivity index (χ0v) is 22.9. The number of hydroxylamine groups is 2. The van der Waals surface area contributed by atoms with Crippen molar-refractivity contribution in [3.05, 3.63) is 12.3 Å². The Kier molecular flexibility index (Phi) is 10.7. The summed E-state index contributed by atoms with van der Waals surface area (Å²) in [4.78, 5) is 6.34. The molecule has 3 aliphatic rings. The minimum absolute atomic E-state index is 0.350. The molecule has 1 aliphatic carbocycles. The van der Waals surface area contributed by atoms with Crippen LogP contribution in [0.2, 0.25) is 0 Å². The van der Waals surface area contributed by atoms with Crippen LogP contribution in [0.1, 0.15) is 104 Å². The molecule has 0 radical (unpaired) electrons. The Hall–Kier alpha value is -0.740. The summed E-state index contributed by atoms with van der Waals surface area (Å²) in [5.74, 6) is -1.47. The normalized spacial score (nSPS) is 33.3. The molecular formula is C28H52N2O6. The molecule has 5 atom stereocenters. The van der Waals surface area contributed by atoms with E-state index >= 15 is 0 Å². The van der Waals surface area contributed by atoms with E-state index < -0.39 is 34.6 Å². The van der Waals surface area contributed by atoms with Gasteiger partial charge in [-0.1, -0.05) is 65.4 Å². The zero-order chi connectivity index (χ0) is 26.3. The van der Waals surface area contributed by atoms with Crippen molar-refractivity contribution in [1.29, 1.82) is 0 Å². The second-order valence-corrected chi connectivity index (χ2v) is 11.5. The molecule has 2 fully saturated rings. The number of ether oxygens (including phenoxy) is 2. The highest BCUT2D eigenvalue weighted by molar-refractivity contribution is 5.43. The van der Waals surface area contributed by atoms with E-state index in [1.165, 1.54) is 38.5 Å². The van der Waals surface area contributed by atoms with Gasteiger partial charge in [0, 0.05) is 37.8 Å². The number of rotatable bonds is 19. The third-order valence-electron chi connectivity index (χ3n) is 8.67. The van der Waals surface area contributed by atoms with E-state index in [2.05, 4.69) is 6.92 Å². The van der Waals surface area contributed by atoms with E-state index in [1.54, 1.807) is 5.06 Å². The smallest absolute Gasteiger partial charge is 0.227 e. The van der Waals surface area contributed by atoms with E-state index in [0.717, 1.165) is 32.3 Å². The van der Waals surface area contributed by atoms with Crippen molar-refractivity contribution in [2.45, 2.75) is 133 Å². The predicted molar refractivity (Wildman–Crippen MR) is 140 cm³/mol. The number of hydrogen-bond donors (Lipinski definition) is 4. The lowest BCUT2D eigenvalue weighted by Crippen LogP contribution is -2.53. The second-order valence-electron chi connectivity index (χ2n) is 11.5. The molecule has 0 bridgehead atoms. The highest BCUT2D eigenvalue weighted by Gasteiger charge is 2.98. The monoisotopic (exact) mass is 512 g/mol. The number of hydrogen-bond acceptors (Lipinski definition) is 8. The van der Waals surface area contributed by atoms with Gasteiger partial charge in [0.2, 0.25) is 5.79 Å². The lowest BCUT2D eigenvalue weighted by atomic mass is 9.93. The van der Waals surface area contributed by atoms with Crippen LogP contribution in [0, 0.1) is 5.41 Å². The van der Waals surface area contributed by atoms with Gasteiger partial charge in [0.25, 0.3) is 0 Å². The molecule has 0 aromatic carbocycles. The maximum absolute atomic E-state index is 12.0. The Bertz CT molecular complexity index is 706. The Labute approximate surface area is 218 Å². The van der Waals surface area contributed by atoms with Crippen molar-refractivity contribution in [3.63, 3.8) is 0 Å². The maximum atomic E-state index is 12.0. The molecule has 0 unspecified atom stereocenters. The van der Waals surface area contributed by atoms with Gasteiger partial charge in [-0.15, -0.1) is 0 Å². The van der Waals surface area contributed by atoms with Crippen LogP contribution in [0.15, 0.2) is 12.3 Å². The minimum atomic E-state index is -1.65. The highest BCUT2D eigenvalue weighted by atomic mass is 16.8. The second kappa shape index (κ2) is 12.9. The lowest BCUT2D eigenvalue weighted by molar-refractivity contribution is -0.372. The molecule has 0 spiro atoms. The van der Waals surface area contributed by atoms with Gasteiger partial charge in [-0.25, -0.2) is 4.84 Å². The van der Waals surface area contributed by atoms with Gasteiger partial charge >= 0.3 is 0 Å². The topological polar surface area (TPSA) is 118 Å². The summed E-state index contributed by atoms with van der Waals surface area (Å²) in [6, 6.07) is 0. The summed E-state index contributed by atoms with van der Waals surface area (Å²) in [5, 5.41) is 36.3. The van der Waals surface area contributed by atoms with E-state index in [4.69, 9.17) is 20.0 Å². The number of nitrogens with two attached hydrogens (primary N) is 1. The number of unbranched alkanes of at least 4 members (excludes halogenated alkanes) is 7. The van der Waals surface area contributed by atoms with Gasteiger partial charge < -0.3 is 30.5 Å². The van der Waals surface area contributed by atoms with Crippen LogP contribution in [-0.4, -0.2) is 75.9 Å². The summed E-state index contributed by atoms with van der Waals surface area (Å²) >= 11 is 0. The molecule has 3 rings (SSSR count). The molecule has 8 nitrogen and oxygen atoms in total. The standard InChI is InChI=1S/C28H52N2O6/c1-4-5-6-7-8-9-14-21-34-22-15-17-26(36-30-19-12-13-20-30)28(33)25(2,3)27(28,32)24(35-26)23(31)16-10-11-18-29/h12,19,23-24,31-33H,4-11,13-18,20-22,29H2,1-3H3/t23-,24-,26-,27-,28-/m1/s1. The first-order chi connectivity index (χ1) is 17.2. The first-order valence-corrected chi connectivity index (χ1v) is 14.4. The zero-order valence-electron chi connectivity index (χ0n) is 22.9. The summed E-state index contributed by atoms with van der Waals surface area (Å²) in [6.07, 6.45) is 14.4. The van der Waals surface area contributed by atoms with Gasteiger partial charge in [-0.05, 0) is 45.1 Å². The number of fused-ring (bicyclic) bond motifs is 1. The Morgan fingerprint density at radius 2 is 1.72 bits per heavy atom. The molecular weight excluding hydrogens is 460 g/mol. The molecule has 1 saturated heterocycles. The third-order valence-corrected chi connectivity index (χ3v) is 8.67. The SMILES string of the molecule is CCCCCCCCCOCCC[C@]1(ON2C=CCC2)O[C@H]([C@H](O)CCCCN)[C@@]2(O)C(C)(C)[C@@]12O. The summed E-state index contributed by atoms with van der Waals surface area (Å²) in [7, 11) is 0. The highest BCUT2D eigenvalue weighted by Crippen LogP contribution is 2.77. The minimum Gasteiger partial charge on any atom is -0.390 e. The quantitative estimate of drug-likeness (QED) is 0.193. The van der Waals surface area contributed by atoms with Crippen molar-refractivity contribution in [1.82, 2.24) is 5.06 Å². The third kappa shape index (κ3) is 5.51. The van der Waals surface area contributed by atoms with E-state index in [1.807, 2.05) is 26.1 Å². The first kappa shape index (κ1) is 29.8. The molecule has 0 amide bonds. The van der Waals surface area contributed by atoms with Crippen molar-refractivity contribution in [2.24, 2.45) is 11.1 Å². The molecule has 8 heteroatoms. The average Bonchev–Trinajstić information content (AvgIpc) is 3.26. The molecule has 1 saturated carbocycles. The van der Waals surface area contributed by atoms with Crippen LogP contribution in [0.5, 0.6) is 0 Å². The average molecular weight is 513 g/mol. The first-order valence-electron chi connectivity index (χ1n) is 14.4. The van der Waals surface area contributed by atoms with Crippen LogP contribution in [0.3, 0.4) is 0 Å². The van der Waals surface area contributed by atoms with E-state index in [0.29, 0.717) is 39.0 Å². The molecule has 2 heterocycles. The maximum Gasteiger partial charge on any atom is 0.227 e. The molecule has 0 aromatic heterocycles. The van der Waals surface area contributed by atoms with Crippen molar-refractivity contribution >= 4 is 0 Å². The van der Waals surface area contributed by atoms with Crippen molar-refractivity contribution < 1.29 is 29.6 Å². The fourth-order valence-corrected chi connectivity index (χ4v) is 6.35. The Balaban J connectivity index is 1.59. The summed E-state index contributed by atoms with van der Waals surface area (Å²) < 4.78 is 12.3. The fraction of sp³-hybridized carbons (Fsp3) is 0.929. The number of nitrogens with zero attached hydrogens (tertiary/aromatic N) is 1. The van der Waals surface area contributed by atoms with Crippen molar-refractivity contribution in [3.8, 4) is 0 Å². The number of aliphatic hydroxyl groups excluding tert-OH is 1. The van der Waals surface area contributed by atoms with Crippen LogP contribution in [0.4, 0.5) is 0 Å². The summed E-state index contributed by atoms with van der Waals surface area (Å²) in [5.41, 5.74) is 1.45. The molecule has 210 valence electrons. The van der Waals surface area contributed by atoms with Crippen molar-refractivity contribution in [2.75, 3.05) is 26.3 Å². The van der Waals surface area contributed by atoms with Crippen LogP contribution in [-0.2, 0) is 14.3 Å². The van der Waals surface area contributed by atoms with E-state index in [-0.39, 0.29) is 0 Å². The largest absolute Gasteiger partial charge is 0.390 e. The van der Waals surface area contributed by atoms with Gasteiger partial charge in [0.05, 0.1) is 6.10 Å². The summed E-state index contributed by atoms with van der Waals surface area (Å²) in [6.45, 7) is 8.33. The van der Waals surface area contributed by atoms with Gasteiger partial charge in [-0.2, -0.15) is 0 Å². The number of aliphatic hydroxyl groups is 3. The van der Waals surface area contributed by atoms with Gasteiger partial charge in [0.15, 0.2) is 5.60 Å². The predicted octanol–water partition coefficient (Wildman–Crippen LogP) is 3.77. The fourth-order valence-electron chi connectivity index (χ4n) is 6.35. The van der Waals surface area contributed by atoms with Gasteiger partial charge in [0.1, 0.15) is 11.7 Å².